The summed E-state index contributed by atoms with van der Waals surface area (Å²) >= 11 is 0. The first kappa shape index (κ1) is 31.4. The third-order valence-electron chi connectivity index (χ3n) is 9.82. The Bertz CT molecular complexity index is 2210. The number of nitrogens with zero attached hydrogens (tertiary/aromatic N) is 5. The number of nitrogens with one attached hydrogen (secondary N) is 1. The normalized spacial score (nSPS) is 13.8. The number of rotatable bonds is 12. The molecular formula is C42H42N8. The number of unbranched alkanes of at least 4 members (excludes halogenated alkanes) is 3. The first-order chi connectivity index (χ1) is 24.6. The van der Waals surface area contributed by atoms with Crippen LogP contribution in [0, 0.1) is 0 Å². The number of hydrogen-bond acceptors (Lipinski definition) is 7. The lowest BCUT2D eigenvalue weighted by atomic mass is 9.84. The number of hydrogen-bond donors (Lipinski definition) is 3. The molecule has 7 aromatic rings. The zero-order chi connectivity index (χ0) is 33.9. The fourth-order valence-electron chi connectivity index (χ4n) is 7.45. The van der Waals surface area contributed by atoms with E-state index in [0.29, 0.717) is 0 Å². The second kappa shape index (κ2) is 13.9. The predicted molar refractivity (Wildman–Crippen MR) is 206 cm³/mol. The molecule has 5 aromatic carbocycles. The molecule has 0 saturated heterocycles. The Labute approximate surface area is 292 Å². The number of fused-ring (bicyclic) bond motifs is 5. The number of pyridine rings is 1. The van der Waals surface area contributed by atoms with Gasteiger partial charge in [0.2, 0.25) is 0 Å². The SMILES string of the molecule is Nc1ccc2c(c1)C(c1ccccc1)N(CCCCCCc1cn(CCNc3c4ccccc4nc4ccccc34)nn1)c1cc(N)ccc1-2. The van der Waals surface area contributed by atoms with E-state index in [9.17, 15) is 0 Å². The van der Waals surface area contributed by atoms with E-state index in [2.05, 4.69) is 118 Å². The van der Waals surface area contributed by atoms with Crippen molar-refractivity contribution >= 4 is 44.6 Å². The van der Waals surface area contributed by atoms with Gasteiger partial charge in [0.25, 0.3) is 0 Å². The summed E-state index contributed by atoms with van der Waals surface area (Å²) < 4.78 is 1.95. The average Bonchev–Trinajstić information content (AvgIpc) is 3.60. The Balaban J connectivity index is 0.874. The summed E-state index contributed by atoms with van der Waals surface area (Å²) in [5, 5.41) is 14.8. The van der Waals surface area contributed by atoms with Crippen LogP contribution < -0.4 is 21.7 Å². The monoisotopic (exact) mass is 658 g/mol. The zero-order valence-corrected chi connectivity index (χ0v) is 28.2. The number of nitrogens with two attached hydrogens (primary N) is 2. The Kier molecular flexibility index (Phi) is 8.74. The van der Waals surface area contributed by atoms with E-state index in [0.717, 1.165) is 96.3 Å². The molecule has 0 radical (unpaired) electrons. The first-order valence-corrected chi connectivity index (χ1v) is 17.6. The van der Waals surface area contributed by atoms with Crippen LogP contribution in [0.1, 0.15) is 48.5 Å². The summed E-state index contributed by atoms with van der Waals surface area (Å²) in [4.78, 5) is 7.37. The number of nitrogen functional groups attached to an aromatic ring is 2. The molecule has 1 unspecified atom stereocenters. The summed E-state index contributed by atoms with van der Waals surface area (Å²) in [7, 11) is 0. The van der Waals surface area contributed by atoms with Gasteiger partial charge < -0.3 is 21.7 Å². The third kappa shape index (κ3) is 6.32. The molecule has 8 rings (SSSR count). The van der Waals surface area contributed by atoms with Crippen LogP contribution in [0.25, 0.3) is 32.9 Å². The molecule has 8 heteroatoms. The van der Waals surface area contributed by atoms with Gasteiger partial charge in [0.15, 0.2) is 0 Å². The highest BCUT2D eigenvalue weighted by molar-refractivity contribution is 6.07. The molecule has 5 N–H and O–H groups in total. The molecule has 0 amide bonds. The van der Waals surface area contributed by atoms with Crippen LogP contribution in [0.15, 0.2) is 121 Å². The summed E-state index contributed by atoms with van der Waals surface area (Å²) in [5.74, 6) is 0. The second-order valence-corrected chi connectivity index (χ2v) is 13.2. The molecule has 250 valence electrons. The van der Waals surface area contributed by atoms with E-state index < -0.39 is 0 Å². The Morgan fingerprint density at radius 2 is 1.34 bits per heavy atom. The Hall–Kier alpha value is -5.89. The molecule has 50 heavy (non-hydrogen) atoms. The van der Waals surface area contributed by atoms with Gasteiger partial charge in [0.1, 0.15) is 0 Å². The minimum Gasteiger partial charge on any atom is -0.399 e. The zero-order valence-electron chi connectivity index (χ0n) is 28.2. The van der Waals surface area contributed by atoms with Crippen LogP contribution in [-0.2, 0) is 13.0 Å². The van der Waals surface area contributed by atoms with Gasteiger partial charge in [-0.2, -0.15) is 0 Å². The van der Waals surface area contributed by atoms with Gasteiger partial charge in [-0.15, -0.1) is 5.10 Å². The van der Waals surface area contributed by atoms with E-state index in [-0.39, 0.29) is 6.04 Å². The number of benzene rings is 5. The maximum atomic E-state index is 6.35. The minimum absolute atomic E-state index is 0.0736. The molecule has 0 bridgehead atoms. The lowest BCUT2D eigenvalue weighted by Gasteiger charge is -2.41. The van der Waals surface area contributed by atoms with Crippen molar-refractivity contribution in [3.05, 3.63) is 138 Å². The van der Waals surface area contributed by atoms with Gasteiger partial charge in [-0.3, -0.25) is 4.68 Å². The van der Waals surface area contributed by atoms with E-state index in [1.807, 2.05) is 28.9 Å². The minimum atomic E-state index is 0.0736. The van der Waals surface area contributed by atoms with Gasteiger partial charge in [0, 0.05) is 52.7 Å². The van der Waals surface area contributed by atoms with Crippen LogP contribution in [0.4, 0.5) is 22.7 Å². The highest BCUT2D eigenvalue weighted by Gasteiger charge is 2.32. The summed E-state index contributed by atoms with van der Waals surface area (Å²) in [5.41, 5.74) is 24.5. The van der Waals surface area contributed by atoms with Crippen molar-refractivity contribution in [3.63, 3.8) is 0 Å². The highest BCUT2D eigenvalue weighted by Crippen LogP contribution is 2.48. The molecule has 8 nitrogen and oxygen atoms in total. The van der Waals surface area contributed by atoms with E-state index >= 15 is 0 Å². The summed E-state index contributed by atoms with van der Waals surface area (Å²) in [6.07, 6.45) is 7.44. The largest absolute Gasteiger partial charge is 0.399 e. The van der Waals surface area contributed by atoms with Crippen molar-refractivity contribution in [2.75, 3.05) is 34.8 Å². The molecule has 0 saturated carbocycles. The van der Waals surface area contributed by atoms with Crippen molar-refractivity contribution < 1.29 is 0 Å². The maximum Gasteiger partial charge on any atom is 0.0827 e. The summed E-state index contributed by atoms with van der Waals surface area (Å²) in [6.45, 7) is 2.40. The number of aryl methyl sites for hydroxylation is 1. The van der Waals surface area contributed by atoms with Gasteiger partial charge >= 0.3 is 0 Å². The van der Waals surface area contributed by atoms with Crippen molar-refractivity contribution in [3.8, 4) is 11.1 Å². The molecule has 1 atom stereocenters. The summed E-state index contributed by atoms with van der Waals surface area (Å²) in [6, 6.07) is 40.0. The van der Waals surface area contributed by atoms with Gasteiger partial charge in [-0.05, 0) is 72.4 Å². The topological polar surface area (TPSA) is 111 Å². The van der Waals surface area contributed by atoms with Crippen molar-refractivity contribution in [1.29, 1.82) is 0 Å². The number of aromatic nitrogens is 4. The van der Waals surface area contributed by atoms with Crippen LogP contribution >= 0.6 is 0 Å². The quantitative estimate of drug-likeness (QED) is 0.0685. The van der Waals surface area contributed by atoms with Gasteiger partial charge in [-0.1, -0.05) is 96.9 Å². The molecule has 2 aromatic heterocycles. The van der Waals surface area contributed by atoms with Crippen LogP contribution in [0.5, 0.6) is 0 Å². The number of anilines is 4. The molecule has 0 spiro atoms. The third-order valence-corrected chi connectivity index (χ3v) is 9.82. The second-order valence-electron chi connectivity index (χ2n) is 13.2. The standard InChI is InChI=1S/C42H42N8/c43-30-19-21-33-34-22-20-31(44)27-40(34)50(42(37(33)26-30)29-12-4-3-5-13-29)24-11-2-1-6-14-32-28-49(48-47-32)25-23-45-41-35-15-7-9-17-38(35)46-39-18-10-8-16-36(39)41/h3-5,7-10,12-13,15-22,26-28,42H,1-2,6,11,14,23-25,43-44H2,(H,45,46). The molecular weight excluding hydrogens is 617 g/mol. The fraction of sp³-hybridized carbons (Fsp3) is 0.214. The first-order valence-electron chi connectivity index (χ1n) is 17.6. The average molecular weight is 659 g/mol. The van der Waals surface area contributed by atoms with Crippen LogP contribution in [0.2, 0.25) is 0 Å². The Morgan fingerprint density at radius 3 is 2.12 bits per heavy atom. The number of para-hydroxylation sites is 2. The molecule has 1 aliphatic heterocycles. The fourth-order valence-corrected chi connectivity index (χ4v) is 7.45. The lowest BCUT2D eigenvalue weighted by molar-refractivity contribution is 0.598. The highest BCUT2D eigenvalue weighted by atomic mass is 15.4. The molecule has 1 aliphatic rings. The van der Waals surface area contributed by atoms with Gasteiger partial charge in [-0.25, -0.2) is 4.98 Å². The molecule has 0 aliphatic carbocycles. The van der Waals surface area contributed by atoms with Gasteiger partial charge in [0.05, 0.1) is 35.0 Å². The van der Waals surface area contributed by atoms with E-state index in [4.69, 9.17) is 16.5 Å². The van der Waals surface area contributed by atoms with Crippen molar-refractivity contribution in [1.82, 2.24) is 20.0 Å². The predicted octanol–water partition coefficient (Wildman–Crippen LogP) is 8.64. The smallest absolute Gasteiger partial charge is 0.0827 e. The van der Waals surface area contributed by atoms with Crippen molar-refractivity contribution in [2.24, 2.45) is 0 Å². The van der Waals surface area contributed by atoms with E-state index in [1.165, 1.54) is 27.9 Å². The van der Waals surface area contributed by atoms with Crippen molar-refractivity contribution in [2.45, 2.75) is 44.7 Å². The molecule has 3 heterocycles. The van der Waals surface area contributed by atoms with Crippen LogP contribution in [-0.4, -0.2) is 33.1 Å². The molecule has 0 fully saturated rings. The van der Waals surface area contributed by atoms with Crippen LogP contribution in [0.3, 0.4) is 0 Å². The maximum absolute atomic E-state index is 6.35. The van der Waals surface area contributed by atoms with E-state index in [1.54, 1.807) is 0 Å². The Morgan fingerprint density at radius 1 is 0.660 bits per heavy atom. The lowest BCUT2D eigenvalue weighted by Crippen LogP contribution is -2.34.